The Bertz CT molecular complexity index is 883. The summed E-state index contributed by atoms with van der Waals surface area (Å²) in [5, 5.41) is 3.75. The van der Waals surface area contributed by atoms with Crippen LogP contribution in [-0.4, -0.2) is 43.2 Å². The predicted octanol–water partition coefficient (Wildman–Crippen LogP) is 3.94. The molecular weight excluding hydrogens is 392 g/mol. The van der Waals surface area contributed by atoms with Crippen LogP contribution >= 0.6 is 11.6 Å². The smallest absolute Gasteiger partial charge is 0.340 e. The minimum Gasteiger partial charge on any atom is -0.462 e. The zero-order chi connectivity index (χ0) is 21.0. The second-order valence-electron chi connectivity index (χ2n) is 7.43. The number of amides is 1. The van der Waals surface area contributed by atoms with Gasteiger partial charge in [-0.1, -0.05) is 23.7 Å². The average molecular weight is 419 g/mol. The molecule has 3 rings (SSSR count). The summed E-state index contributed by atoms with van der Waals surface area (Å²) < 4.78 is 10.7. The lowest BCUT2D eigenvalue weighted by Gasteiger charge is -2.38. The van der Waals surface area contributed by atoms with Crippen molar-refractivity contribution in [2.45, 2.75) is 39.0 Å². The fourth-order valence-corrected chi connectivity index (χ4v) is 4.08. The number of H-pyrrole nitrogens is 1. The van der Waals surface area contributed by atoms with Crippen LogP contribution in [0.2, 0.25) is 5.02 Å². The molecule has 1 saturated heterocycles. The third-order valence-corrected chi connectivity index (χ3v) is 5.89. The summed E-state index contributed by atoms with van der Waals surface area (Å²) in [5.41, 5.74) is 2.98. The number of esters is 1. The van der Waals surface area contributed by atoms with Gasteiger partial charge in [-0.3, -0.25) is 4.79 Å². The highest BCUT2D eigenvalue weighted by atomic mass is 35.5. The normalized spacial score (nSPS) is 15.7. The van der Waals surface area contributed by atoms with Crippen LogP contribution in [0, 0.1) is 13.8 Å². The summed E-state index contributed by atoms with van der Waals surface area (Å²) >= 11 is 6.05. The first-order valence-corrected chi connectivity index (χ1v) is 10.2. The maximum absolute atomic E-state index is 12.9. The molecule has 1 aliphatic heterocycles. The van der Waals surface area contributed by atoms with E-state index in [1.165, 1.54) is 0 Å². The van der Waals surface area contributed by atoms with E-state index in [1.807, 2.05) is 24.3 Å². The van der Waals surface area contributed by atoms with Gasteiger partial charge in [-0.05, 0) is 56.9 Å². The minimum absolute atomic E-state index is 0.210. The van der Waals surface area contributed by atoms with Gasteiger partial charge in [0.15, 0.2) is 0 Å². The number of aromatic amines is 1. The topological polar surface area (TPSA) is 80.4 Å². The van der Waals surface area contributed by atoms with Crippen molar-refractivity contribution in [1.29, 1.82) is 0 Å². The van der Waals surface area contributed by atoms with Crippen LogP contribution in [0.4, 0.5) is 0 Å². The molecule has 0 saturated carbocycles. The van der Waals surface area contributed by atoms with E-state index in [9.17, 15) is 9.59 Å². The average Bonchev–Trinajstić information content (AvgIpc) is 3.02. The predicted molar refractivity (Wildman–Crippen MR) is 112 cm³/mol. The van der Waals surface area contributed by atoms with E-state index in [1.54, 1.807) is 20.8 Å². The summed E-state index contributed by atoms with van der Waals surface area (Å²) in [6.07, 6.45) is 1.62. The lowest BCUT2D eigenvalue weighted by Crippen LogP contribution is -2.44. The standard InChI is InChI=1S/C22H27ClN2O4/c1-4-29-21(27)18-14(2)19(25-15(18)3)20(26)24-13-22(9-11-28-12-10-22)16-5-7-17(23)8-6-16/h5-8,25H,4,9-13H2,1-3H3,(H,24,26). The largest absolute Gasteiger partial charge is 0.462 e. The van der Waals surface area contributed by atoms with Crippen LogP contribution in [0.25, 0.3) is 0 Å². The van der Waals surface area contributed by atoms with Crippen molar-refractivity contribution in [2.24, 2.45) is 0 Å². The number of halogens is 1. The van der Waals surface area contributed by atoms with Crippen LogP contribution < -0.4 is 5.32 Å². The molecule has 1 aromatic heterocycles. The van der Waals surface area contributed by atoms with Gasteiger partial charge in [-0.2, -0.15) is 0 Å². The van der Waals surface area contributed by atoms with Crippen molar-refractivity contribution < 1.29 is 19.1 Å². The molecule has 0 aliphatic carbocycles. The molecule has 29 heavy (non-hydrogen) atoms. The molecule has 2 N–H and O–H groups in total. The fourth-order valence-electron chi connectivity index (χ4n) is 3.96. The summed E-state index contributed by atoms with van der Waals surface area (Å²) in [7, 11) is 0. The molecule has 1 aliphatic rings. The molecule has 1 aromatic carbocycles. The number of hydrogen-bond donors (Lipinski definition) is 2. The Hall–Kier alpha value is -2.31. The number of carbonyl (C=O) groups is 2. The van der Waals surface area contributed by atoms with Gasteiger partial charge in [0.2, 0.25) is 0 Å². The molecule has 2 aromatic rings. The van der Waals surface area contributed by atoms with Gasteiger partial charge in [-0.15, -0.1) is 0 Å². The van der Waals surface area contributed by atoms with Crippen molar-refractivity contribution >= 4 is 23.5 Å². The number of hydrogen-bond acceptors (Lipinski definition) is 4. The summed E-state index contributed by atoms with van der Waals surface area (Å²) in [6, 6.07) is 7.78. The zero-order valence-electron chi connectivity index (χ0n) is 17.1. The summed E-state index contributed by atoms with van der Waals surface area (Å²) in [6.45, 7) is 7.34. The van der Waals surface area contributed by atoms with Crippen molar-refractivity contribution in [3.8, 4) is 0 Å². The monoisotopic (exact) mass is 418 g/mol. The highest BCUT2D eigenvalue weighted by Gasteiger charge is 2.35. The zero-order valence-corrected chi connectivity index (χ0v) is 17.8. The van der Waals surface area contributed by atoms with Gasteiger partial charge in [0.05, 0.1) is 12.2 Å². The Balaban J connectivity index is 1.80. The third-order valence-electron chi connectivity index (χ3n) is 5.64. The highest BCUT2D eigenvalue weighted by molar-refractivity contribution is 6.30. The van der Waals surface area contributed by atoms with E-state index < -0.39 is 5.97 Å². The molecule has 6 nitrogen and oxygen atoms in total. The van der Waals surface area contributed by atoms with Gasteiger partial charge < -0.3 is 19.8 Å². The Kier molecular flexibility index (Phi) is 6.65. The van der Waals surface area contributed by atoms with E-state index in [-0.39, 0.29) is 17.9 Å². The molecule has 0 unspecified atom stereocenters. The molecule has 7 heteroatoms. The van der Waals surface area contributed by atoms with Gasteiger partial charge in [0.1, 0.15) is 5.69 Å². The molecule has 0 radical (unpaired) electrons. The van der Waals surface area contributed by atoms with E-state index in [4.69, 9.17) is 21.1 Å². The molecule has 156 valence electrons. The van der Waals surface area contributed by atoms with Crippen LogP contribution in [0.5, 0.6) is 0 Å². The lowest BCUT2D eigenvalue weighted by atomic mass is 9.74. The summed E-state index contributed by atoms with van der Waals surface area (Å²) in [4.78, 5) is 28.2. The molecule has 0 atom stereocenters. The van der Waals surface area contributed by atoms with Gasteiger partial charge in [-0.25, -0.2) is 4.79 Å². The molecule has 0 bridgehead atoms. The molecule has 1 amide bonds. The first-order chi connectivity index (χ1) is 13.9. The second kappa shape index (κ2) is 9.01. The minimum atomic E-state index is -0.417. The lowest BCUT2D eigenvalue weighted by molar-refractivity contribution is 0.0486. The van der Waals surface area contributed by atoms with Gasteiger partial charge >= 0.3 is 5.97 Å². The Morgan fingerprint density at radius 3 is 2.48 bits per heavy atom. The van der Waals surface area contributed by atoms with Crippen molar-refractivity contribution in [3.63, 3.8) is 0 Å². The SMILES string of the molecule is CCOC(=O)c1c(C)[nH]c(C(=O)NCC2(c3ccc(Cl)cc3)CCOCC2)c1C. The maximum atomic E-state index is 12.9. The van der Waals surface area contributed by atoms with Gasteiger partial charge in [0, 0.05) is 35.9 Å². The van der Waals surface area contributed by atoms with Crippen LogP contribution in [0.15, 0.2) is 24.3 Å². The highest BCUT2D eigenvalue weighted by Crippen LogP contribution is 2.35. The first-order valence-electron chi connectivity index (χ1n) is 9.86. The molecule has 0 spiro atoms. The van der Waals surface area contributed by atoms with Crippen molar-refractivity contribution in [2.75, 3.05) is 26.4 Å². The number of aryl methyl sites for hydroxylation is 1. The quantitative estimate of drug-likeness (QED) is 0.696. The number of benzene rings is 1. The molecule has 2 heterocycles. The van der Waals surface area contributed by atoms with E-state index in [0.717, 1.165) is 18.4 Å². The van der Waals surface area contributed by atoms with Crippen molar-refractivity contribution in [1.82, 2.24) is 10.3 Å². The number of rotatable bonds is 6. The van der Waals surface area contributed by atoms with Crippen LogP contribution in [-0.2, 0) is 14.9 Å². The van der Waals surface area contributed by atoms with E-state index >= 15 is 0 Å². The van der Waals surface area contributed by atoms with Gasteiger partial charge in [0.25, 0.3) is 5.91 Å². The fraction of sp³-hybridized carbons (Fsp3) is 0.455. The Labute approximate surface area is 175 Å². The van der Waals surface area contributed by atoms with E-state index in [2.05, 4.69) is 10.3 Å². The Morgan fingerprint density at radius 2 is 1.86 bits per heavy atom. The van der Waals surface area contributed by atoms with Crippen LogP contribution in [0.3, 0.4) is 0 Å². The summed E-state index contributed by atoms with van der Waals surface area (Å²) in [5.74, 6) is -0.652. The maximum Gasteiger partial charge on any atom is 0.340 e. The third kappa shape index (κ3) is 4.49. The Morgan fingerprint density at radius 1 is 1.21 bits per heavy atom. The molecular formula is C22H27ClN2O4. The second-order valence-corrected chi connectivity index (χ2v) is 7.86. The van der Waals surface area contributed by atoms with Crippen molar-refractivity contribution in [3.05, 3.63) is 57.4 Å². The molecule has 1 fully saturated rings. The van der Waals surface area contributed by atoms with E-state index in [0.29, 0.717) is 47.3 Å². The number of aromatic nitrogens is 1. The first kappa shape index (κ1) is 21.4. The van der Waals surface area contributed by atoms with Crippen LogP contribution in [0.1, 0.15) is 57.4 Å². The number of carbonyl (C=O) groups excluding carboxylic acids is 2. The number of ether oxygens (including phenoxy) is 2. The number of nitrogens with one attached hydrogen (secondary N) is 2.